The second-order valence-electron chi connectivity index (χ2n) is 5.47. The first-order valence-electron chi connectivity index (χ1n) is 6.87. The van der Waals surface area contributed by atoms with E-state index in [0.29, 0.717) is 12.0 Å². The van der Waals surface area contributed by atoms with Crippen LogP contribution in [-0.4, -0.2) is 48.8 Å². The largest absolute Gasteiger partial charge is 0.369 e. The maximum atomic E-state index is 6.25. The van der Waals surface area contributed by atoms with Gasteiger partial charge >= 0.3 is 0 Å². The molecule has 2 aliphatic heterocycles. The number of aliphatic imine (C=N–C) groups is 2. The van der Waals surface area contributed by atoms with Crippen molar-refractivity contribution in [3.8, 4) is 0 Å². The molecule has 0 aliphatic carbocycles. The van der Waals surface area contributed by atoms with Crippen molar-refractivity contribution >= 4 is 11.9 Å². The molecule has 19 heavy (non-hydrogen) atoms. The predicted octanol–water partition coefficient (Wildman–Crippen LogP) is -0.787. The van der Waals surface area contributed by atoms with Crippen molar-refractivity contribution in [2.24, 2.45) is 27.4 Å². The standard InChI is InChI=1S/C12H25N7/c1-8(2)12(14)17-10(13)19(11(15-3)18-12)9-4-6-16-7-5-9/h8-9,16H,4-7,14H2,1-3H3,(H2,13,17)(H,15,18)/t12-/m1/s1. The number of nitrogens with one attached hydrogen (secondary N) is 2. The third-order valence-corrected chi connectivity index (χ3v) is 3.85. The fourth-order valence-electron chi connectivity index (χ4n) is 2.48. The van der Waals surface area contributed by atoms with E-state index in [1.54, 1.807) is 7.05 Å². The summed E-state index contributed by atoms with van der Waals surface area (Å²) < 4.78 is 0. The molecule has 2 aliphatic rings. The highest BCUT2D eigenvalue weighted by Gasteiger charge is 2.39. The summed E-state index contributed by atoms with van der Waals surface area (Å²) in [5.41, 5.74) is 12.4. The Kier molecular flexibility index (Phi) is 3.96. The van der Waals surface area contributed by atoms with Crippen LogP contribution in [0.2, 0.25) is 0 Å². The Morgan fingerprint density at radius 1 is 1.42 bits per heavy atom. The quantitative estimate of drug-likeness (QED) is 0.525. The predicted molar refractivity (Wildman–Crippen MR) is 77.6 cm³/mol. The van der Waals surface area contributed by atoms with Gasteiger partial charge in [0.05, 0.1) is 0 Å². The van der Waals surface area contributed by atoms with E-state index in [1.807, 2.05) is 18.7 Å². The molecular weight excluding hydrogens is 242 g/mol. The lowest BCUT2D eigenvalue weighted by molar-refractivity contribution is 0.244. The molecule has 0 aromatic carbocycles. The van der Waals surface area contributed by atoms with Crippen LogP contribution in [0.25, 0.3) is 0 Å². The molecule has 0 unspecified atom stereocenters. The normalized spacial score (nSPS) is 31.5. The summed E-state index contributed by atoms with van der Waals surface area (Å²) in [5.74, 6) is 0.429. The van der Waals surface area contributed by atoms with Gasteiger partial charge in [-0.3, -0.25) is 15.6 Å². The average Bonchev–Trinajstić information content (AvgIpc) is 2.38. The molecule has 7 nitrogen and oxygen atoms in total. The number of hydrogen-bond acceptors (Lipinski definition) is 5. The number of rotatable bonds is 2. The van der Waals surface area contributed by atoms with Gasteiger partial charge in [-0.2, -0.15) is 0 Å². The van der Waals surface area contributed by atoms with Crippen LogP contribution in [0.15, 0.2) is 9.98 Å². The number of nitrogens with zero attached hydrogens (tertiary/aromatic N) is 3. The third-order valence-electron chi connectivity index (χ3n) is 3.85. The molecule has 0 saturated carbocycles. The van der Waals surface area contributed by atoms with Crippen LogP contribution in [0.4, 0.5) is 0 Å². The van der Waals surface area contributed by atoms with Gasteiger partial charge in [-0.1, -0.05) is 13.8 Å². The lowest BCUT2D eigenvalue weighted by Crippen LogP contribution is -2.69. The van der Waals surface area contributed by atoms with E-state index in [4.69, 9.17) is 11.5 Å². The van der Waals surface area contributed by atoms with Gasteiger partial charge in [0.2, 0.25) is 11.9 Å². The summed E-state index contributed by atoms with van der Waals surface area (Å²) >= 11 is 0. The first-order chi connectivity index (χ1) is 8.98. The van der Waals surface area contributed by atoms with Crippen LogP contribution in [-0.2, 0) is 0 Å². The minimum Gasteiger partial charge on any atom is -0.369 e. The van der Waals surface area contributed by atoms with Gasteiger partial charge < -0.3 is 16.4 Å². The number of hydrogen-bond donors (Lipinski definition) is 4. The fraction of sp³-hybridized carbons (Fsp3) is 0.833. The van der Waals surface area contributed by atoms with Crippen molar-refractivity contribution < 1.29 is 0 Å². The van der Waals surface area contributed by atoms with E-state index in [9.17, 15) is 0 Å². The molecule has 0 aromatic heterocycles. The number of piperidine rings is 1. The van der Waals surface area contributed by atoms with Crippen molar-refractivity contribution in [1.29, 1.82) is 0 Å². The zero-order valence-corrected chi connectivity index (χ0v) is 12.0. The lowest BCUT2D eigenvalue weighted by atomic mass is 10.0. The Morgan fingerprint density at radius 3 is 2.58 bits per heavy atom. The van der Waals surface area contributed by atoms with Gasteiger partial charge in [0.25, 0.3) is 0 Å². The molecule has 0 bridgehead atoms. The van der Waals surface area contributed by atoms with Crippen molar-refractivity contribution in [3.05, 3.63) is 0 Å². The van der Waals surface area contributed by atoms with Crippen LogP contribution in [0.5, 0.6) is 0 Å². The smallest absolute Gasteiger partial charge is 0.203 e. The first-order valence-corrected chi connectivity index (χ1v) is 6.87. The number of guanidine groups is 2. The third kappa shape index (κ3) is 2.66. The molecule has 1 saturated heterocycles. The molecule has 7 heteroatoms. The summed E-state index contributed by atoms with van der Waals surface area (Å²) in [4.78, 5) is 10.7. The zero-order valence-electron chi connectivity index (χ0n) is 12.0. The van der Waals surface area contributed by atoms with Crippen LogP contribution >= 0.6 is 0 Å². The van der Waals surface area contributed by atoms with Gasteiger partial charge in [-0.05, 0) is 25.9 Å². The molecule has 0 spiro atoms. The van der Waals surface area contributed by atoms with Gasteiger partial charge in [0.15, 0.2) is 5.79 Å². The lowest BCUT2D eigenvalue weighted by Gasteiger charge is -2.44. The van der Waals surface area contributed by atoms with E-state index in [-0.39, 0.29) is 5.92 Å². The highest BCUT2D eigenvalue weighted by Crippen LogP contribution is 2.21. The summed E-state index contributed by atoms with van der Waals surface area (Å²) in [5, 5.41) is 6.57. The Balaban J connectivity index is 2.28. The fourth-order valence-corrected chi connectivity index (χ4v) is 2.48. The van der Waals surface area contributed by atoms with Gasteiger partial charge in [0.1, 0.15) is 0 Å². The highest BCUT2D eigenvalue weighted by molar-refractivity contribution is 6.00. The van der Waals surface area contributed by atoms with Gasteiger partial charge in [0, 0.05) is 19.0 Å². The van der Waals surface area contributed by atoms with Crippen molar-refractivity contribution in [2.45, 2.75) is 38.5 Å². The SMILES string of the molecule is CN=C1N[C@@](N)(C(C)C)N=C(N)N1C1CCNCC1. The van der Waals surface area contributed by atoms with Crippen LogP contribution in [0, 0.1) is 5.92 Å². The molecule has 2 heterocycles. The second kappa shape index (κ2) is 5.34. The molecule has 1 atom stereocenters. The molecule has 2 rings (SSSR count). The molecule has 0 radical (unpaired) electrons. The maximum Gasteiger partial charge on any atom is 0.203 e. The van der Waals surface area contributed by atoms with Crippen LogP contribution in [0.1, 0.15) is 26.7 Å². The minimum atomic E-state index is -0.873. The molecule has 108 valence electrons. The van der Waals surface area contributed by atoms with Gasteiger partial charge in [-0.15, -0.1) is 0 Å². The van der Waals surface area contributed by atoms with E-state index in [1.165, 1.54) is 0 Å². The zero-order chi connectivity index (χ0) is 14.0. The Hall–Kier alpha value is -1.34. The average molecular weight is 267 g/mol. The summed E-state index contributed by atoms with van der Waals surface area (Å²) in [7, 11) is 1.75. The Bertz CT molecular complexity index is 384. The topological polar surface area (TPSA) is 104 Å². The first kappa shape index (κ1) is 14.1. The minimum absolute atomic E-state index is 0.123. The van der Waals surface area contributed by atoms with E-state index in [2.05, 4.69) is 20.6 Å². The highest BCUT2D eigenvalue weighted by atomic mass is 15.5. The van der Waals surface area contributed by atoms with Crippen molar-refractivity contribution in [1.82, 2.24) is 15.5 Å². The van der Waals surface area contributed by atoms with Crippen LogP contribution in [0.3, 0.4) is 0 Å². The number of nitrogens with two attached hydrogens (primary N) is 2. The monoisotopic (exact) mass is 267 g/mol. The van der Waals surface area contributed by atoms with Crippen LogP contribution < -0.4 is 22.1 Å². The van der Waals surface area contributed by atoms with E-state index >= 15 is 0 Å². The van der Waals surface area contributed by atoms with E-state index < -0.39 is 5.79 Å². The summed E-state index contributed by atoms with van der Waals surface area (Å²) in [6.45, 7) is 6.00. The van der Waals surface area contributed by atoms with E-state index in [0.717, 1.165) is 31.9 Å². The molecule has 6 N–H and O–H groups in total. The summed E-state index contributed by atoms with van der Waals surface area (Å²) in [6, 6.07) is 0.327. The molecule has 1 fully saturated rings. The molecular formula is C12H25N7. The molecule has 0 amide bonds. The molecule has 0 aromatic rings. The Morgan fingerprint density at radius 2 is 2.05 bits per heavy atom. The van der Waals surface area contributed by atoms with Gasteiger partial charge in [-0.25, -0.2) is 4.99 Å². The van der Waals surface area contributed by atoms with Crippen molar-refractivity contribution in [3.63, 3.8) is 0 Å². The maximum absolute atomic E-state index is 6.25. The van der Waals surface area contributed by atoms with Crippen molar-refractivity contribution in [2.75, 3.05) is 20.1 Å². The second-order valence-corrected chi connectivity index (χ2v) is 5.47. The Labute approximate surface area is 114 Å². The summed E-state index contributed by atoms with van der Waals surface area (Å²) in [6.07, 6.45) is 2.05.